The topological polar surface area (TPSA) is 77.0 Å². The Bertz CT molecular complexity index is 765. The van der Waals surface area contributed by atoms with Gasteiger partial charge in [0, 0.05) is 23.2 Å². The van der Waals surface area contributed by atoms with Gasteiger partial charge in [0.15, 0.2) is 11.5 Å². The first-order valence-electron chi connectivity index (χ1n) is 7.26. The minimum absolute atomic E-state index is 0.162. The molecule has 2 aromatic rings. The molecule has 0 aliphatic carbocycles. The summed E-state index contributed by atoms with van der Waals surface area (Å²) in [6.45, 7) is 0.443. The number of carboxylic acid groups (broad SMARTS) is 1. The molecule has 3 rings (SSSR count). The van der Waals surface area contributed by atoms with Crippen LogP contribution in [0.2, 0.25) is 5.02 Å². The lowest BCUT2D eigenvalue weighted by molar-refractivity contribution is -0.139. The molecule has 0 radical (unpaired) electrons. The summed E-state index contributed by atoms with van der Waals surface area (Å²) in [5.41, 5.74) is 1.35. The molecular formula is C17H16ClNO5. The van der Waals surface area contributed by atoms with Crippen molar-refractivity contribution in [2.24, 2.45) is 0 Å². The standard InChI is InChI=1S/C17H16ClNO5/c1-22-13-7-15-14(23-9-24-15)6-11(13)8-19-16(17(20)21)10-3-2-4-12(18)5-10/h2-7,16,19H,8-9H2,1H3,(H,20,21). The maximum atomic E-state index is 11.6. The molecule has 6 nitrogen and oxygen atoms in total. The highest BCUT2D eigenvalue weighted by Crippen LogP contribution is 2.38. The molecule has 1 aliphatic rings. The van der Waals surface area contributed by atoms with E-state index in [0.29, 0.717) is 27.8 Å². The summed E-state index contributed by atoms with van der Waals surface area (Å²) in [7, 11) is 1.55. The number of aliphatic carboxylic acids is 1. The second-order valence-electron chi connectivity index (χ2n) is 5.22. The van der Waals surface area contributed by atoms with E-state index in [4.69, 9.17) is 25.8 Å². The quantitative estimate of drug-likeness (QED) is 0.835. The molecule has 0 fully saturated rings. The van der Waals surface area contributed by atoms with Gasteiger partial charge < -0.3 is 19.3 Å². The number of methoxy groups -OCH3 is 1. The van der Waals surface area contributed by atoms with E-state index >= 15 is 0 Å². The Morgan fingerprint density at radius 1 is 1.33 bits per heavy atom. The van der Waals surface area contributed by atoms with E-state index in [2.05, 4.69) is 5.32 Å². The number of nitrogens with one attached hydrogen (secondary N) is 1. The van der Waals surface area contributed by atoms with Crippen molar-refractivity contribution in [3.05, 3.63) is 52.5 Å². The highest BCUT2D eigenvalue weighted by atomic mass is 35.5. The average Bonchev–Trinajstić information content (AvgIpc) is 3.01. The lowest BCUT2D eigenvalue weighted by Gasteiger charge is -2.17. The van der Waals surface area contributed by atoms with Gasteiger partial charge in [-0.2, -0.15) is 0 Å². The fourth-order valence-corrected chi connectivity index (χ4v) is 2.74. The molecule has 0 spiro atoms. The number of hydrogen-bond donors (Lipinski definition) is 2. The first kappa shape index (κ1) is 16.4. The van der Waals surface area contributed by atoms with Gasteiger partial charge in [-0.1, -0.05) is 23.7 Å². The van der Waals surface area contributed by atoms with Crippen LogP contribution in [0.3, 0.4) is 0 Å². The molecule has 0 amide bonds. The zero-order valence-electron chi connectivity index (χ0n) is 12.9. The second-order valence-corrected chi connectivity index (χ2v) is 5.66. The van der Waals surface area contributed by atoms with E-state index in [1.165, 1.54) is 0 Å². The number of halogens is 1. The normalized spacial score (nSPS) is 13.6. The lowest BCUT2D eigenvalue weighted by Crippen LogP contribution is -2.28. The molecule has 0 saturated carbocycles. The molecule has 7 heteroatoms. The van der Waals surface area contributed by atoms with Crippen molar-refractivity contribution >= 4 is 17.6 Å². The van der Waals surface area contributed by atoms with Gasteiger partial charge in [0.25, 0.3) is 0 Å². The van der Waals surface area contributed by atoms with E-state index in [1.54, 1.807) is 43.5 Å². The lowest BCUT2D eigenvalue weighted by atomic mass is 10.1. The van der Waals surface area contributed by atoms with Crippen LogP contribution in [0.5, 0.6) is 17.2 Å². The Kier molecular flexibility index (Phi) is 4.78. The molecule has 1 heterocycles. The van der Waals surface area contributed by atoms with Crippen LogP contribution in [0.4, 0.5) is 0 Å². The summed E-state index contributed by atoms with van der Waals surface area (Å²) in [6, 6.07) is 9.39. The Balaban J connectivity index is 1.81. The number of carbonyl (C=O) groups is 1. The van der Waals surface area contributed by atoms with Crippen molar-refractivity contribution in [2.45, 2.75) is 12.6 Å². The van der Waals surface area contributed by atoms with Gasteiger partial charge >= 0.3 is 5.97 Å². The second kappa shape index (κ2) is 6.98. The molecule has 126 valence electrons. The maximum absolute atomic E-state index is 11.6. The average molecular weight is 350 g/mol. The maximum Gasteiger partial charge on any atom is 0.325 e. The van der Waals surface area contributed by atoms with Crippen LogP contribution in [0.25, 0.3) is 0 Å². The molecule has 0 aromatic heterocycles. The van der Waals surface area contributed by atoms with Gasteiger partial charge in [0.1, 0.15) is 11.8 Å². The largest absolute Gasteiger partial charge is 0.496 e. The molecule has 1 aliphatic heterocycles. The third-order valence-electron chi connectivity index (χ3n) is 3.70. The van der Waals surface area contributed by atoms with Gasteiger partial charge in [-0.25, -0.2) is 0 Å². The van der Waals surface area contributed by atoms with Crippen LogP contribution < -0.4 is 19.5 Å². The highest BCUT2D eigenvalue weighted by molar-refractivity contribution is 6.30. The van der Waals surface area contributed by atoms with Crippen LogP contribution in [-0.4, -0.2) is 25.0 Å². The number of carboxylic acids is 1. The van der Waals surface area contributed by atoms with Gasteiger partial charge in [-0.15, -0.1) is 0 Å². The summed E-state index contributed by atoms with van der Waals surface area (Å²) in [5.74, 6) is 0.835. The SMILES string of the molecule is COc1cc2c(cc1CNC(C(=O)O)c1cccc(Cl)c1)OCO2. The molecule has 0 bridgehead atoms. The first-order valence-corrected chi connectivity index (χ1v) is 7.64. The van der Waals surface area contributed by atoms with E-state index in [9.17, 15) is 9.90 Å². The van der Waals surface area contributed by atoms with E-state index in [0.717, 1.165) is 5.56 Å². The zero-order chi connectivity index (χ0) is 17.1. The summed E-state index contributed by atoms with van der Waals surface area (Å²) in [5, 5.41) is 13.0. The number of rotatable bonds is 6. The Morgan fingerprint density at radius 3 is 2.75 bits per heavy atom. The van der Waals surface area contributed by atoms with Crippen LogP contribution in [0, 0.1) is 0 Å². The number of fused-ring (bicyclic) bond motifs is 1. The van der Waals surface area contributed by atoms with Crippen molar-refractivity contribution in [1.82, 2.24) is 5.32 Å². The van der Waals surface area contributed by atoms with Crippen molar-refractivity contribution < 1.29 is 24.1 Å². The number of benzene rings is 2. The Labute approximate surface area is 143 Å². The minimum Gasteiger partial charge on any atom is -0.496 e. The van der Waals surface area contributed by atoms with E-state index in [1.807, 2.05) is 0 Å². The van der Waals surface area contributed by atoms with Crippen molar-refractivity contribution in [2.75, 3.05) is 13.9 Å². The van der Waals surface area contributed by atoms with E-state index in [-0.39, 0.29) is 13.3 Å². The van der Waals surface area contributed by atoms with Crippen LogP contribution >= 0.6 is 11.6 Å². The van der Waals surface area contributed by atoms with Gasteiger partial charge in [-0.05, 0) is 23.8 Å². The van der Waals surface area contributed by atoms with Crippen LogP contribution in [0.15, 0.2) is 36.4 Å². The van der Waals surface area contributed by atoms with Crippen molar-refractivity contribution in [3.8, 4) is 17.2 Å². The molecule has 0 saturated heterocycles. The fraction of sp³-hybridized carbons (Fsp3) is 0.235. The molecular weight excluding hydrogens is 334 g/mol. The summed E-state index contributed by atoms with van der Waals surface area (Å²) < 4.78 is 16.0. The first-order chi connectivity index (χ1) is 11.6. The smallest absolute Gasteiger partial charge is 0.325 e. The zero-order valence-corrected chi connectivity index (χ0v) is 13.7. The predicted octanol–water partition coefficient (Wildman–Crippen LogP) is 2.99. The fourth-order valence-electron chi connectivity index (χ4n) is 2.54. The highest BCUT2D eigenvalue weighted by Gasteiger charge is 2.22. The van der Waals surface area contributed by atoms with Gasteiger partial charge in [0.05, 0.1) is 7.11 Å². The number of hydrogen-bond acceptors (Lipinski definition) is 5. The third-order valence-corrected chi connectivity index (χ3v) is 3.94. The minimum atomic E-state index is -0.989. The summed E-state index contributed by atoms with van der Waals surface area (Å²) >= 11 is 5.95. The van der Waals surface area contributed by atoms with Crippen LogP contribution in [-0.2, 0) is 11.3 Å². The summed E-state index contributed by atoms with van der Waals surface area (Å²) in [4.78, 5) is 11.6. The predicted molar refractivity (Wildman–Crippen MR) is 87.8 cm³/mol. The monoisotopic (exact) mass is 349 g/mol. The van der Waals surface area contributed by atoms with Gasteiger partial charge in [-0.3, -0.25) is 10.1 Å². The molecule has 24 heavy (non-hydrogen) atoms. The van der Waals surface area contributed by atoms with Gasteiger partial charge in [0.2, 0.25) is 6.79 Å². The van der Waals surface area contributed by atoms with E-state index < -0.39 is 12.0 Å². The van der Waals surface area contributed by atoms with Crippen molar-refractivity contribution in [3.63, 3.8) is 0 Å². The van der Waals surface area contributed by atoms with Crippen molar-refractivity contribution in [1.29, 1.82) is 0 Å². The summed E-state index contributed by atoms with van der Waals surface area (Å²) in [6.07, 6.45) is 0. The molecule has 1 unspecified atom stereocenters. The third kappa shape index (κ3) is 3.39. The molecule has 2 aromatic carbocycles. The Morgan fingerprint density at radius 2 is 2.08 bits per heavy atom. The molecule has 2 N–H and O–H groups in total. The molecule has 1 atom stereocenters. The van der Waals surface area contributed by atoms with Crippen LogP contribution in [0.1, 0.15) is 17.2 Å². The Hall–Kier alpha value is -2.44. The number of ether oxygens (including phenoxy) is 3.